The van der Waals surface area contributed by atoms with Crippen LogP contribution in [0.25, 0.3) is 0 Å². The van der Waals surface area contributed by atoms with E-state index < -0.39 is 15.9 Å². The van der Waals surface area contributed by atoms with Gasteiger partial charge in [-0.25, -0.2) is 13.4 Å². The summed E-state index contributed by atoms with van der Waals surface area (Å²) in [6.45, 7) is 6.35. The molecule has 8 nitrogen and oxygen atoms in total. The molecule has 1 aliphatic rings. The van der Waals surface area contributed by atoms with Crippen LogP contribution >= 0.6 is 11.3 Å². The average Bonchev–Trinajstić information content (AvgIpc) is 3.21. The summed E-state index contributed by atoms with van der Waals surface area (Å²) >= 11 is 1.39. The predicted molar refractivity (Wildman–Crippen MR) is 104 cm³/mol. The average molecular weight is 412 g/mol. The van der Waals surface area contributed by atoms with Crippen molar-refractivity contribution in [2.75, 3.05) is 18.4 Å². The first-order chi connectivity index (χ1) is 12.7. The molecule has 1 amide bonds. The lowest BCUT2D eigenvalue weighted by Gasteiger charge is -2.30. The second kappa shape index (κ2) is 7.69. The van der Waals surface area contributed by atoms with Crippen molar-refractivity contribution >= 4 is 32.4 Å². The van der Waals surface area contributed by atoms with Crippen LogP contribution in [0.3, 0.4) is 0 Å². The van der Waals surface area contributed by atoms with E-state index in [1.54, 1.807) is 14.0 Å². The van der Waals surface area contributed by atoms with E-state index in [4.69, 9.17) is 0 Å². The number of sulfonamides is 1. The van der Waals surface area contributed by atoms with Gasteiger partial charge in [-0.3, -0.25) is 9.48 Å². The number of aromatic nitrogens is 3. The standard InChI is InChI=1S/C17H25N5O3S2/c1-11(2)14-10-26-17(18-14)19-16(23)13-6-5-7-22(8-13)27(24,25)15-9-21(4)20-12(15)3/h9-11,13H,5-8H2,1-4H3,(H,18,19,23)/t13-/m0/s1. The third-order valence-electron chi connectivity index (χ3n) is 4.68. The van der Waals surface area contributed by atoms with Gasteiger partial charge < -0.3 is 5.32 Å². The number of aryl methyl sites for hydroxylation is 2. The molecule has 10 heteroatoms. The highest BCUT2D eigenvalue weighted by atomic mass is 32.2. The zero-order valence-corrected chi connectivity index (χ0v) is 17.6. The molecule has 2 aromatic heterocycles. The molecule has 148 valence electrons. The first-order valence-corrected chi connectivity index (χ1v) is 11.3. The Morgan fingerprint density at radius 1 is 1.41 bits per heavy atom. The number of thiazole rings is 1. The summed E-state index contributed by atoms with van der Waals surface area (Å²) < 4.78 is 28.8. The quantitative estimate of drug-likeness (QED) is 0.814. The van der Waals surface area contributed by atoms with Crippen LogP contribution in [0.5, 0.6) is 0 Å². The summed E-state index contributed by atoms with van der Waals surface area (Å²) in [4.78, 5) is 17.3. The van der Waals surface area contributed by atoms with Gasteiger partial charge in [0.2, 0.25) is 15.9 Å². The van der Waals surface area contributed by atoms with Crippen LogP contribution in [0.4, 0.5) is 5.13 Å². The van der Waals surface area contributed by atoms with Gasteiger partial charge in [-0.15, -0.1) is 11.3 Å². The van der Waals surface area contributed by atoms with Crippen molar-refractivity contribution in [1.29, 1.82) is 0 Å². The Morgan fingerprint density at radius 2 is 2.15 bits per heavy atom. The van der Waals surface area contributed by atoms with E-state index in [1.165, 1.54) is 26.5 Å². The van der Waals surface area contributed by atoms with Crippen molar-refractivity contribution in [3.63, 3.8) is 0 Å². The number of carbonyl (C=O) groups is 1. The lowest BCUT2D eigenvalue weighted by molar-refractivity contribution is -0.120. The van der Waals surface area contributed by atoms with Crippen molar-refractivity contribution in [2.45, 2.75) is 44.4 Å². The molecule has 1 fully saturated rings. The summed E-state index contributed by atoms with van der Waals surface area (Å²) in [7, 11) is -1.97. The van der Waals surface area contributed by atoms with E-state index in [0.29, 0.717) is 36.1 Å². The smallest absolute Gasteiger partial charge is 0.246 e. The fourth-order valence-corrected chi connectivity index (χ4v) is 5.76. The fraction of sp³-hybridized carbons (Fsp3) is 0.588. The van der Waals surface area contributed by atoms with Crippen molar-refractivity contribution in [3.8, 4) is 0 Å². The number of piperidine rings is 1. The molecule has 0 bridgehead atoms. The molecule has 0 saturated carbocycles. The van der Waals surface area contributed by atoms with Gasteiger partial charge >= 0.3 is 0 Å². The van der Waals surface area contributed by atoms with Crippen LogP contribution in [0.1, 0.15) is 44.0 Å². The molecule has 0 aliphatic carbocycles. The number of rotatable bonds is 5. The van der Waals surface area contributed by atoms with E-state index in [1.807, 2.05) is 19.2 Å². The molecule has 1 saturated heterocycles. The predicted octanol–water partition coefficient (Wildman–Crippen LogP) is 2.35. The van der Waals surface area contributed by atoms with E-state index in [-0.39, 0.29) is 17.3 Å². The van der Waals surface area contributed by atoms with Gasteiger partial charge in [-0.05, 0) is 25.7 Å². The monoisotopic (exact) mass is 411 g/mol. The molecular weight excluding hydrogens is 386 g/mol. The molecule has 0 spiro atoms. The molecule has 1 atom stereocenters. The number of carbonyl (C=O) groups excluding carboxylic acids is 1. The topological polar surface area (TPSA) is 97.2 Å². The first kappa shape index (κ1) is 20.0. The normalized spacial score (nSPS) is 18.8. The fourth-order valence-electron chi connectivity index (χ4n) is 3.16. The van der Waals surface area contributed by atoms with E-state index in [0.717, 1.165) is 5.69 Å². The van der Waals surface area contributed by atoms with Crippen LogP contribution < -0.4 is 5.32 Å². The second-order valence-corrected chi connectivity index (χ2v) is 9.94. The first-order valence-electron chi connectivity index (χ1n) is 8.95. The number of hydrogen-bond acceptors (Lipinski definition) is 6. The summed E-state index contributed by atoms with van der Waals surface area (Å²) in [6, 6.07) is 0. The summed E-state index contributed by atoms with van der Waals surface area (Å²) in [5.41, 5.74) is 1.41. The Hall–Kier alpha value is -1.78. The Balaban J connectivity index is 1.71. The highest BCUT2D eigenvalue weighted by molar-refractivity contribution is 7.89. The van der Waals surface area contributed by atoms with Gasteiger partial charge in [0.1, 0.15) is 4.90 Å². The van der Waals surface area contributed by atoms with Crippen LogP contribution in [0, 0.1) is 12.8 Å². The van der Waals surface area contributed by atoms with Gasteiger partial charge in [0.15, 0.2) is 5.13 Å². The van der Waals surface area contributed by atoms with E-state index in [2.05, 4.69) is 15.4 Å². The summed E-state index contributed by atoms with van der Waals surface area (Å²) in [6.07, 6.45) is 2.81. The molecule has 0 unspecified atom stereocenters. The maximum Gasteiger partial charge on any atom is 0.246 e. The number of anilines is 1. The van der Waals surface area contributed by atoms with E-state index >= 15 is 0 Å². The highest BCUT2D eigenvalue weighted by Crippen LogP contribution is 2.27. The van der Waals surface area contributed by atoms with Gasteiger partial charge in [0.25, 0.3) is 0 Å². The molecule has 2 aromatic rings. The minimum Gasteiger partial charge on any atom is -0.302 e. The lowest BCUT2D eigenvalue weighted by Crippen LogP contribution is -2.43. The van der Waals surface area contributed by atoms with E-state index in [9.17, 15) is 13.2 Å². The molecule has 0 aromatic carbocycles. The number of nitrogens with zero attached hydrogens (tertiary/aromatic N) is 4. The number of amides is 1. The Morgan fingerprint density at radius 3 is 2.74 bits per heavy atom. The van der Waals surface area contributed by atoms with Crippen molar-refractivity contribution in [1.82, 2.24) is 19.1 Å². The Kier molecular flexibility index (Phi) is 5.68. The minimum absolute atomic E-state index is 0.172. The lowest BCUT2D eigenvalue weighted by atomic mass is 9.99. The Labute approximate surface area is 163 Å². The van der Waals surface area contributed by atoms with Crippen molar-refractivity contribution in [3.05, 3.63) is 23.0 Å². The van der Waals surface area contributed by atoms with Crippen LogP contribution in [-0.2, 0) is 21.9 Å². The van der Waals surface area contributed by atoms with Crippen LogP contribution in [0.2, 0.25) is 0 Å². The third kappa shape index (κ3) is 4.22. The molecule has 27 heavy (non-hydrogen) atoms. The number of nitrogens with one attached hydrogen (secondary N) is 1. The molecule has 1 aliphatic heterocycles. The zero-order chi connectivity index (χ0) is 19.8. The maximum atomic E-state index is 13.0. The highest BCUT2D eigenvalue weighted by Gasteiger charge is 2.35. The molecular formula is C17H25N5O3S2. The molecule has 3 rings (SSSR count). The van der Waals surface area contributed by atoms with Crippen molar-refractivity contribution < 1.29 is 13.2 Å². The zero-order valence-electron chi connectivity index (χ0n) is 16.0. The largest absolute Gasteiger partial charge is 0.302 e. The molecule has 1 N–H and O–H groups in total. The molecule has 0 radical (unpaired) electrons. The Bertz CT molecular complexity index is 932. The van der Waals surface area contributed by atoms with Crippen LogP contribution in [-0.4, -0.2) is 46.5 Å². The van der Waals surface area contributed by atoms with Crippen LogP contribution in [0.15, 0.2) is 16.5 Å². The summed E-state index contributed by atoms with van der Waals surface area (Å²) in [5.74, 6) is -0.274. The van der Waals surface area contributed by atoms with Gasteiger partial charge in [0, 0.05) is 31.7 Å². The third-order valence-corrected chi connectivity index (χ3v) is 7.43. The van der Waals surface area contributed by atoms with Crippen molar-refractivity contribution in [2.24, 2.45) is 13.0 Å². The van der Waals surface area contributed by atoms with Gasteiger partial charge in [0.05, 0.1) is 17.3 Å². The second-order valence-electron chi connectivity index (χ2n) is 7.18. The van der Waals surface area contributed by atoms with Gasteiger partial charge in [-0.2, -0.15) is 9.40 Å². The number of hydrogen-bond donors (Lipinski definition) is 1. The molecule has 3 heterocycles. The minimum atomic E-state index is -3.66. The maximum absolute atomic E-state index is 13.0. The van der Waals surface area contributed by atoms with Gasteiger partial charge in [-0.1, -0.05) is 13.8 Å². The summed E-state index contributed by atoms with van der Waals surface area (Å²) in [5, 5.41) is 9.46. The SMILES string of the molecule is Cc1nn(C)cc1S(=O)(=O)N1CCC[C@H](C(=O)Nc2nc(C(C)C)cs2)C1.